The van der Waals surface area contributed by atoms with Crippen molar-refractivity contribution in [3.05, 3.63) is 22.8 Å². The van der Waals surface area contributed by atoms with Gasteiger partial charge in [0, 0.05) is 51.3 Å². The van der Waals surface area contributed by atoms with Crippen molar-refractivity contribution in [1.82, 2.24) is 15.0 Å². The number of hydrogen-bond acceptors (Lipinski definition) is 7. The molecule has 1 aliphatic heterocycles. The molecule has 122 valence electrons. The van der Waals surface area contributed by atoms with Gasteiger partial charge in [0.15, 0.2) is 5.13 Å². The summed E-state index contributed by atoms with van der Waals surface area (Å²) >= 11 is 1.89. The van der Waals surface area contributed by atoms with E-state index in [-0.39, 0.29) is 0 Å². The lowest BCUT2D eigenvalue weighted by atomic mass is 10.3. The van der Waals surface area contributed by atoms with Crippen LogP contribution in [0.3, 0.4) is 0 Å². The monoisotopic (exact) mass is 330 g/mol. The normalized spacial score (nSPS) is 17.5. The van der Waals surface area contributed by atoms with Crippen molar-refractivity contribution in [2.75, 3.05) is 55.0 Å². The first-order valence-electron chi connectivity index (χ1n) is 8.19. The molecule has 0 aromatic carbocycles. The zero-order chi connectivity index (χ0) is 15.8. The molecule has 1 aliphatic carbocycles. The molecular formula is C16H22N6S. The summed E-state index contributed by atoms with van der Waals surface area (Å²) in [4.78, 5) is 22.1. The van der Waals surface area contributed by atoms with Gasteiger partial charge in [0.2, 0.25) is 5.95 Å². The zero-order valence-corrected chi connectivity index (χ0v) is 14.5. The van der Waals surface area contributed by atoms with Crippen molar-refractivity contribution in [2.45, 2.75) is 19.3 Å². The first-order chi connectivity index (χ1) is 11.2. The summed E-state index contributed by atoms with van der Waals surface area (Å²) in [6.07, 6.45) is 5.51. The molecule has 0 saturated carbocycles. The second-order valence-corrected chi connectivity index (χ2v) is 7.37. The van der Waals surface area contributed by atoms with E-state index >= 15 is 0 Å². The Bertz CT molecular complexity index is 668. The van der Waals surface area contributed by atoms with E-state index in [0.717, 1.165) is 44.4 Å². The Morgan fingerprint density at radius 3 is 2.57 bits per heavy atom. The average molecular weight is 330 g/mol. The molecule has 0 amide bonds. The molecule has 2 aromatic rings. The number of nitrogens with zero attached hydrogens (tertiary/aromatic N) is 6. The van der Waals surface area contributed by atoms with Crippen molar-refractivity contribution >= 4 is 28.2 Å². The van der Waals surface area contributed by atoms with Crippen molar-refractivity contribution in [3.63, 3.8) is 0 Å². The predicted molar refractivity (Wildman–Crippen MR) is 94.9 cm³/mol. The molecule has 0 radical (unpaired) electrons. The molecule has 2 aliphatic rings. The van der Waals surface area contributed by atoms with Crippen LogP contribution in [0.4, 0.5) is 16.9 Å². The van der Waals surface area contributed by atoms with Crippen LogP contribution in [0.2, 0.25) is 0 Å². The standard InChI is InChI=1S/C16H22N6S/c1-20(2)14-6-7-17-15(19-14)21-8-10-22(11-9-21)16-18-12-4-3-5-13(12)23-16/h6-7H,3-5,8-11H2,1-2H3. The first kappa shape index (κ1) is 14.7. The molecule has 7 heteroatoms. The number of rotatable bonds is 3. The Morgan fingerprint density at radius 1 is 1.04 bits per heavy atom. The maximum absolute atomic E-state index is 4.84. The number of aryl methyl sites for hydroxylation is 2. The highest BCUT2D eigenvalue weighted by atomic mass is 32.1. The fourth-order valence-corrected chi connectivity index (χ4v) is 4.35. The molecule has 4 rings (SSSR count). The van der Waals surface area contributed by atoms with Crippen molar-refractivity contribution in [2.24, 2.45) is 0 Å². The zero-order valence-electron chi connectivity index (χ0n) is 13.7. The Morgan fingerprint density at radius 2 is 1.83 bits per heavy atom. The number of piperazine rings is 1. The van der Waals surface area contributed by atoms with Crippen LogP contribution >= 0.6 is 11.3 Å². The SMILES string of the molecule is CN(C)c1ccnc(N2CCN(c3nc4c(s3)CCC4)CC2)n1. The smallest absolute Gasteiger partial charge is 0.227 e. The van der Waals surface area contributed by atoms with E-state index < -0.39 is 0 Å². The molecule has 2 aromatic heterocycles. The lowest BCUT2D eigenvalue weighted by Crippen LogP contribution is -2.47. The second-order valence-electron chi connectivity index (χ2n) is 6.30. The van der Waals surface area contributed by atoms with Gasteiger partial charge in [-0.25, -0.2) is 9.97 Å². The third-order valence-electron chi connectivity index (χ3n) is 4.50. The minimum absolute atomic E-state index is 0.831. The van der Waals surface area contributed by atoms with Crippen LogP contribution in [0.25, 0.3) is 0 Å². The Hall–Kier alpha value is -1.89. The largest absolute Gasteiger partial charge is 0.363 e. The Kier molecular flexibility index (Phi) is 3.80. The topological polar surface area (TPSA) is 48.4 Å². The second kappa shape index (κ2) is 5.96. The number of anilines is 3. The van der Waals surface area contributed by atoms with Crippen molar-refractivity contribution < 1.29 is 0 Å². The number of fused-ring (bicyclic) bond motifs is 1. The van der Waals surface area contributed by atoms with Crippen molar-refractivity contribution in [3.8, 4) is 0 Å². The molecule has 6 nitrogen and oxygen atoms in total. The molecule has 0 unspecified atom stereocenters. The van der Waals surface area contributed by atoms with Gasteiger partial charge in [-0.3, -0.25) is 0 Å². The minimum atomic E-state index is 0.831. The summed E-state index contributed by atoms with van der Waals surface area (Å²) in [6, 6.07) is 1.94. The van der Waals surface area contributed by atoms with E-state index in [1.165, 1.54) is 28.5 Å². The molecule has 0 spiro atoms. The van der Waals surface area contributed by atoms with Gasteiger partial charge in [-0.15, -0.1) is 11.3 Å². The molecule has 1 fully saturated rings. The molecule has 0 N–H and O–H groups in total. The third-order valence-corrected chi connectivity index (χ3v) is 5.72. The van der Waals surface area contributed by atoms with Gasteiger partial charge < -0.3 is 14.7 Å². The highest BCUT2D eigenvalue weighted by molar-refractivity contribution is 7.15. The van der Waals surface area contributed by atoms with Gasteiger partial charge in [0.25, 0.3) is 0 Å². The van der Waals surface area contributed by atoms with Crippen LogP contribution in [0.1, 0.15) is 17.0 Å². The molecule has 1 saturated heterocycles. The van der Waals surface area contributed by atoms with E-state index in [1.54, 1.807) is 0 Å². The lowest BCUT2D eigenvalue weighted by Gasteiger charge is -2.34. The number of thiazole rings is 1. The molecule has 23 heavy (non-hydrogen) atoms. The molecular weight excluding hydrogens is 308 g/mol. The summed E-state index contributed by atoms with van der Waals surface area (Å²) in [5.41, 5.74) is 1.34. The quantitative estimate of drug-likeness (QED) is 0.855. The van der Waals surface area contributed by atoms with Gasteiger partial charge in [0.05, 0.1) is 5.69 Å². The van der Waals surface area contributed by atoms with E-state index in [2.05, 4.69) is 19.8 Å². The molecule has 3 heterocycles. The Labute approximate surface area is 140 Å². The van der Waals surface area contributed by atoms with Crippen LogP contribution < -0.4 is 14.7 Å². The average Bonchev–Trinajstić information content (AvgIpc) is 3.17. The maximum atomic E-state index is 4.84. The fraction of sp³-hybridized carbons (Fsp3) is 0.562. The van der Waals surface area contributed by atoms with Crippen LogP contribution in [0, 0.1) is 0 Å². The van der Waals surface area contributed by atoms with Gasteiger partial charge >= 0.3 is 0 Å². The maximum Gasteiger partial charge on any atom is 0.227 e. The van der Waals surface area contributed by atoms with E-state index in [9.17, 15) is 0 Å². The number of hydrogen-bond donors (Lipinski definition) is 0. The predicted octanol–water partition coefficient (Wildman–Crippen LogP) is 1.81. The van der Waals surface area contributed by atoms with Gasteiger partial charge in [-0.1, -0.05) is 0 Å². The summed E-state index contributed by atoms with van der Waals surface area (Å²) in [6.45, 7) is 3.87. The van der Waals surface area contributed by atoms with Crippen LogP contribution in [-0.2, 0) is 12.8 Å². The summed E-state index contributed by atoms with van der Waals surface area (Å²) in [5, 5.41) is 1.21. The third kappa shape index (κ3) is 2.85. The summed E-state index contributed by atoms with van der Waals surface area (Å²) in [7, 11) is 4.01. The Balaban J connectivity index is 1.43. The van der Waals surface area contributed by atoms with E-state index in [1.807, 2.05) is 42.6 Å². The van der Waals surface area contributed by atoms with Crippen LogP contribution in [0.15, 0.2) is 12.3 Å². The molecule has 0 bridgehead atoms. The van der Waals surface area contributed by atoms with Gasteiger partial charge in [-0.05, 0) is 25.3 Å². The molecule has 0 atom stereocenters. The van der Waals surface area contributed by atoms with Crippen LogP contribution in [-0.4, -0.2) is 55.2 Å². The number of aromatic nitrogens is 3. The summed E-state index contributed by atoms with van der Waals surface area (Å²) < 4.78 is 0. The van der Waals surface area contributed by atoms with Crippen LogP contribution in [0.5, 0.6) is 0 Å². The first-order valence-corrected chi connectivity index (χ1v) is 9.01. The lowest BCUT2D eigenvalue weighted by molar-refractivity contribution is 0.638. The van der Waals surface area contributed by atoms with Crippen molar-refractivity contribution in [1.29, 1.82) is 0 Å². The van der Waals surface area contributed by atoms with Gasteiger partial charge in [0.1, 0.15) is 5.82 Å². The fourth-order valence-electron chi connectivity index (χ4n) is 3.15. The summed E-state index contributed by atoms with van der Waals surface area (Å²) in [5.74, 6) is 1.78. The van der Waals surface area contributed by atoms with E-state index in [0.29, 0.717) is 0 Å². The van der Waals surface area contributed by atoms with E-state index in [4.69, 9.17) is 4.98 Å². The minimum Gasteiger partial charge on any atom is -0.363 e. The van der Waals surface area contributed by atoms with Gasteiger partial charge in [-0.2, -0.15) is 4.98 Å². The highest BCUT2D eigenvalue weighted by Gasteiger charge is 2.24. The highest BCUT2D eigenvalue weighted by Crippen LogP contribution is 2.33.